The van der Waals surface area contributed by atoms with Gasteiger partial charge in [-0.1, -0.05) is 36.4 Å². The Hall–Kier alpha value is -1.36. The molecule has 0 radical (unpaired) electrons. The summed E-state index contributed by atoms with van der Waals surface area (Å²) in [5.41, 5.74) is 1.34. The standard InChI is InChI=1S/C15H12N2O2.Ca.2H/c18-14-11-16(12-7-3-1-4-8-12)15(19)17(14)13-9-5-2-6-10-13;;;/h1-10H,11H2;;;. The SMILES string of the molecule is O=C1CN(c2ccccc2)C(=O)N1c1ccccc1.[CaH2]. The molecule has 2 aromatic carbocycles. The Morgan fingerprint density at radius 1 is 0.750 bits per heavy atom. The summed E-state index contributed by atoms with van der Waals surface area (Å²) in [5.74, 6) is -0.208. The number of nitrogens with zero attached hydrogens (tertiary/aromatic N) is 2. The number of anilines is 2. The monoisotopic (exact) mass is 294 g/mol. The Bertz CT molecular complexity index is 616. The van der Waals surface area contributed by atoms with Crippen LogP contribution < -0.4 is 9.80 Å². The van der Waals surface area contributed by atoms with E-state index in [1.54, 1.807) is 24.3 Å². The van der Waals surface area contributed by atoms with Crippen LogP contribution in [0.25, 0.3) is 0 Å². The molecule has 1 saturated heterocycles. The molecule has 1 heterocycles. The van der Waals surface area contributed by atoms with Gasteiger partial charge in [-0.05, 0) is 24.3 Å². The van der Waals surface area contributed by atoms with Crippen LogP contribution in [0.1, 0.15) is 0 Å². The van der Waals surface area contributed by atoms with Crippen molar-refractivity contribution in [3.63, 3.8) is 0 Å². The van der Waals surface area contributed by atoms with E-state index in [9.17, 15) is 9.59 Å². The zero-order valence-electron chi connectivity index (χ0n) is 10.2. The van der Waals surface area contributed by atoms with Crippen molar-refractivity contribution in [3.05, 3.63) is 60.7 Å². The summed E-state index contributed by atoms with van der Waals surface area (Å²) in [7, 11) is 0. The van der Waals surface area contributed by atoms with Gasteiger partial charge < -0.3 is 0 Å². The molecule has 1 aliphatic heterocycles. The summed E-state index contributed by atoms with van der Waals surface area (Å²) in [6, 6.07) is 17.9. The fraction of sp³-hybridized carbons (Fsp3) is 0.0667. The number of benzene rings is 2. The topological polar surface area (TPSA) is 40.6 Å². The van der Waals surface area contributed by atoms with Crippen LogP contribution >= 0.6 is 0 Å². The normalized spacial score (nSPS) is 14.4. The zero-order chi connectivity index (χ0) is 13.2. The summed E-state index contributed by atoms with van der Waals surface area (Å²) in [4.78, 5) is 27.1. The molecule has 0 N–H and O–H groups in total. The Balaban J connectivity index is 0.00000147. The van der Waals surface area contributed by atoms with Gasteiger partial charge in [-0.2, -0.15) is 0 Å². The number of para-hydroxylation sites is 2. The van der Waals surface area contributed by atoms with Gasteiger partial charge in [0, 0.05) is 5.69 Å². The quantitative estimate of drug-likeness (QED) is 0.625. The van der Waals surface area contributed by atoms with Crippen LogP contribution in [0.2, 0.25) is 0 Å². The van der Waals surface area contributed by atoms with Gasteiger partial charge in [-0.25, -0.2) is 9.69 Å². The summed E-state index contributed by atoms with van der Waals surface area (Å²) in [6.45, 7) is 0.0811. The molecule has 3 amide bonds. The number of hydrogen-bond acceptors (Lipinski definition) is 2. The third kappa shape index (κ3) is 2.73. The zero-order valence-corrected chi connectivity index (χ0v) is 10.2. The summed E-state index contributed by atoms with van der Waals surface area (Å²) in [6.07, 6.45) is 0. The maximum atomic E-state index is 12.3. The van der Waals surface area contributed by atoms with E-state index >= 15 is 0 Å². The number of carbonyl (C=O) groups excluding carboxylic acids is 2. The van der Waals surface area contributed by atoms with Crippen molar-refractivity contribution in [1.29, 1.82) is 0 Å². The van der Waals surface area contributed by atoms with Gasteiger partial charge in [-0.15, -0.1) is 0 Å². The van der Waals surface area contributed by atoms with Crippen molar-refractivity contribution >= 4 is 61.1 Å². The minimum absolute atomic E-state index is 0. The second-order valence-corrected chi connectivity index (χ2v) is 4.27. The second kappa shape index (κ2) is 6.39. The van der Waals surface area contributed by atoms with Crippen LogP contribution in [0.3, 0.4) is 0 Å². The molecule has 20 heavy (non-hydrogen) atoms. The number of rotatable bonds is 2. The Kier molecular flexibility index (Phi) is 4.81. The molecule has 0 spiro atoms. The van der Waals surface area contributed by atoms with E-state index in [0.29, 0.717) is 5.69 Å². The van der Waals surface area contributed by atoms with Crippen LogP contribution in [-0.4, -0.2) is 56.2 Å². The van der Waals surface area contributed by atoms with Gasteiger partial charge >= 0.3 is 43.8 Å². The average Bonchev–Trinajstić information content (AvgIpc) is 2.76. The second-order valence-electron chi connectivity index (χ2n) is 4.27. The Morgan fingerprint density at radius 3 is 1.80 bits per heavy atom. The van der Waals surface area contributed by atoms with Crippen molar-refractivity contribution in [2.24, 2.45) is 0 Å². The molecule has 98 valence electrons. The van der Waals surface area contributed by atoms with Crippen LogP contribution in [0.15, 0.2) is 60.7 Å². The van der Waals surface area contributed by atoms with E-state index in [1.807, 2.05) is 36.4 Å². The molecule has 2 aromatic rings. The average molecular weight is 294 g/mol. The molecule has 0 saturated carbocycles. The molecular weight excluding hydrogens is 280 g/mol. The van der Waals surface area contributed by atoms with E-state index in [1.165, 1.54) is 9.80 Å². The van der Waals surface area contributed by atoms with Crippen LogP contribution in [-0.2, 0) is 4.79 Å². The van der Waals surface area contributed by atoms with E-state index in [2.05, 4.69) is 0 Å². The first-order chi connectivity index (χ1) is 9.27. The van der Waals surface area contributed by atoms with Gasteiger partial charge in [-0.3, -0.25) is 9.69 Å². The van der Waals surface area contributed by atoms with Gasteiger partial charge in [0.05, 0.1) is 5.69 Å². The third-order valence-corrected chi connectivity index (χ3v) is 3.05. The van der Waals surface area contributed by atoms with Crippen LogP contribution in [0, 0.1) is 0 Å². The molecular formula is C15H14CaN2O2. The number of imide groups is 1. The molecule has 4 nitrogen and oxygen atoms in total. The van der Waals surface area contributed by atoms with Crippen molar-refractivity contribution in [1.82, 2.24) is 0 Å². The van der Waals surface area contributed by atoms with E-state index in [0.717, 1.165) is 5.69 Å². The van der Waals surface area contributed by atoms with Gasteiger partial charge in [0.2, 0.25) is 0 Å². The Morgan fingerprint density at radius 2 is 1.25 bits per heavy atom. The fourth-order valence-corrected chi connectivity index (χ4v) is 2.14. The fourth-order valence-electron chi connectivity index (χ4n) is 2.14. The molecule has 0 aromatic heterocycles. The Labute approximate surface area is 147 Å². The first-order valence-corrected chi connectivity index (χ1v) is 6.02. The predicted molar refractivity (Wildman–Crippen MR) is 81.7 cm³/mol. The van der Waals surface area contributed by atoms with Gasteiger partial charge in [0.15, 0.2) is 0 Å². The van der Waals surface area contributed by atoms with Crippen molar-refractivity contribution in [3.8, 4) is 0 Å². The first-order valence-electron chi connectivity index (χ1n) is 6.02. The number of hydrogen-bond donors (Lipinski definition) is 0. The van der Waals surface area contributed by atoms with E-state index in [-0.39, 0.29) is 56.2 Å². The third-order valence-electron chi connectivity index (χ3n) is 3.05. The molecule has 0 atom stereocenters. The van der Waals surface area contributed by atoms with Crippen LogP contribution in [0.5, 0.6) is 0 Å². The molecule has 5 heteroatoms. The van der Waals surface area contributed by atoms with E-state index in [4.69, 9.17) is 0 Å². The molecule has 1 fully saturated rings. The van der Waals surface area contributed by atoms with Gasteiger partial charge in [0.25, 0.3) is 5.91 Å². The molecule has 0 unspecified atom stereocenters. The number of amides is 3. The molecule has 1 aliphatic rings. The first kappa shape index (κ1) is 15.0. The summed E-state index contributed by atoms with van der Waals surface area (Å²) < 4.78 is 0. The predicted octanol–water partition coefficient (Wildman–Crippen LogP) is 1.74. The summed E-state index contributed by atoms with van der Waals surface area (Å²) in [5, 5.41) is 0. The molecule has 0 aliphatic carbocycles. The maximum absolute atomic E-state index is 12.3. The number of carbonyl (C=O) groups is 2. The van der Waals surface area contributed by atoms with Crippen molar-refractivity contribution in [2.45, 2.75) is 0 Å². The van der Waals surface area contributed by atoms with Crippen molar-refractivity contribution < 1.29 is 9.59 Å². The van der Waals surface area contributed by atoms with Crippen LogP contribution in [0.4, 0.5) is 16.2 Å². The molecule has 0 bridgehead atoms. The number of urea groups is 1. The molecule has 3 rings (SSSR count). The van der Waals surface area contributed by atoms with E-state index < -0.39 is 0 Å². The summed E-state index contributed by atoms with van der Waals surface area (Å²) >= 11 is 0. The van der Waals surface area contributed by atoms with Gasteiger partial charge in [0.1, 0.15) is 6.54 Å². The minimum atomic E-state index is -0.303. The van der Waals surface area contributed by atoms with Crippen molar-refractivity contribution in [2.75, 3.05) is 16.3 Å².